The first-order valence-corrected chi connectivity index (χ1v) is 8.96. The van der Waals surface area contributed by atoms with E-state index in [1.54, 1.807) is 0 Å². The summed E-state index contributed by atoms with van der Waals surface area (Å²) < 4.78 is 12.3. The van der Waals surface area contributed by atoms with Crippen molar-refractivity contribution in [2.75, 3.05) is 0 Å². The van der Waals surface area contributed by atoms with Gasteiger partial charge in [0.2, 0.25) is 8.32 Å². The maximum absolute atomic E-state index is 6.21. The molecule has 0 N–H and O–H groups in total. The first-order valence-electron chi connectivity index (χ1n) is 6.27. The third-order valence-corrected chi connectivity index (χ3v) is 7.16. The van der Waals surface area contributed by atoms with E-state index in [1.165, 1.54) is 25.3 Å². The average Bonchev–Trinajstić information content (AvgIpc) is 2.07. The minimum absolute atomic E-state index is 0.329. The molecule has 1 heterocycles. The van der Waals surface area contributed by atoms with E-state index < -0.39 is 8.32 Å². The summed E-state index contributed by atoms with van der Waals surface area (Å²) in [5, 5.41) is 0. The highest BCUT2D eigenvalue weighted by Crippen LogP contribution is 2.32. The Bertz CT molecular complexity index is 194. The van der Waals surface area contributed by atoms with Gasteiger partial charge >= 0.3 is 0 Å². The first-order chi connectivity index (χ1) is 6.94. The smallest absolute Gasteiger partial charge is 0.218 e. The molecule has 1 fully saturated rings. The fraction of sp³-hybridized carbons (Fsp3) is 1.00. The molecule has 1 aliphatic rings. The van der Waals surface area contributed by atoms with Gasteiger partial charge < -0.3 is 9.16 Å². The van der Waals surface area contributed by atoms with Crippen LogP contribution in [0.25, 0.3) is 0 Å². The molecule has 1 aliphatic heterocycles. The van der Waals surface area contributed by atoms with Crippen molar-refractivity contribution < 1.29 is 9.16 Å². The fourth-order valence-corrected chi connectivity index (χ4v) is 6.48. The fourth-order valence-electron chi connectivity index (χ4n) is 2.49. The van der Waals surface area contributed by atoms with Gasteiger partial charge in [-0.2, -0.15) is 0 Å². The highest BCUT2D eigenvalue weighted by atomic mass is 28.4. The summed E-state index contributed by atoms with van der Waals surface area (Å²) in [6, 6.07) is 1.27. The van der Waals surface area contributed by atoms with E-state index >= 15 is 0 Å². The van der Waals surface area contributed by atoms with Crippen molar-refractivity contribution in [1.82, 2.24) is 0 Å². The molecule has 0 spiro atoms. The Balaban J connectivity index is 2.62. The topological polar surface area (TPSA) is 18.5 Å². The van der Waals surface area contributed by atoms with Crippen LogP contribution >= 0.6 is 0 Å². The lowest BCUT2D eigenvalue weighted by atomic mass is 10.2. The summed E-state index contributed by atoms with van der Waals surface area (Å²) in [6.07, 6.45) is 4.51. The van der Waals surface area contributed by atoms with Crippen LogP contribution in [0.1, 0.15) is 47.0 Å². The molecule has 0 bridgehead atoms. The van der Waals surface area contributed by atoms with Crippen LogP contribution in [0, 0.1) is 0 Å². The Kier molecular flexibility index (Phi) is 4.81. The summed E-state index contributed by atoms with van der Waals surface area (Å²) in [7, 11) is -1.61. The first kappa shape index (κ1) is 13.2. The molecule has 0 saturated carbocycles. The number of hydrogen-bond donors (Lipinski definition) is 0. The Morgan fingerprint density at radius 3 is 2.27 bits per heavy atom. The predicted octanol–water partition coefficient (Wildman–Crippen LogP) is 3.50. The number of rotatable bonds is 4. The van der Waals surface area contributed by atoms with Gasteiger partial charge in [-0.05, 0) is 46.7 Å². The van der Waals surface area contributed by atoms with Gasteiger partial charge in [-0.3, -0.25) is 0 Å². The lowest BCUT2D eigenvalue weighted by Crippen LogP contribution is -2.53. The lowest BCUT2D eigenvalue weighted by molar-refractivity contribution is 0.0206. The third-order valence-electron chi connectivity index (χ3n) is 3.01. The molecule has 0 radical (unpaired) electrons. The Morgan fingerprint density at radius 2 is 1.73 bits per heavy atom. The Hall–Kier alpha value is 0.137. The van der Waals surface area contributed by atoms with E-state index in [1.807, 2.05) is 0 Å². The van der Waals surface area contributed by atoms with Crippen LogP contribution in [0.5, 0.6) is 0 Å². The van der Waals surface area contributed by atoms with Gasteiger partial charge in [-0.1, -0.05) is 12.8 Å². The van der Waals surface area contributed by atoms with Crippen molar-refractivity contribution in [1.29, 1.82) is 0 Å². The molecule has 2 atom stereocenters. The molecule has 0 aromatic rings. The summed E-state index contributed by atoms with van der Waals surface area (Å²) in [5.41, 5.74) is 0.411. The molecule has 0 aromatic heterocycles. The second-order valence-electron chi connectivity index (χ2n) is 5.40. The van der Waals surface area contributed by atoms with Crippen molar-refractivity contribution in [3.05, 3.63) is 0 Å². The maximum atomic E-state index is 6.21. The average molecular weight is 230 g/mol. The van der Waals surface area contributed by atoms with Crippen LogP contribution in [0.15, 0.2) is 0 Å². The van der Waals surface area contributed by atoms with E-state index in [0.29, 0.717) is 17.9 Å². The second kappa shape index (κ2) is 5.46. The summed E-state index contributed by atoms with van der Waals surface area (Å²) in [5.74, 6) is 0. The third kappa shape index (κ3) is 3.89. The van der Waals surface area contributed by atoms with Crippen molar-refractivity contribution >= 4 is 8.32 Å². The number of ether oxygens (including phenoxy) is 1. The van der Waals surface area contributed by atoms with Gasteiger partial charge in [0.05, 0.1) is 11.8 Å². The molecule has 15 heavy (non-hydrogen) atoms. The van der Waals surface area contributed by atoms with Crippen LogP contribution < -0.4 is 0 Å². The maximum Gasteiger partial charge on any atom is 0.218 e. The van der Waals surface area contributed by atoms with Gasteiger partial charge in [0, 0.05) is 6.10 Å². The second-order valence-corrected chi connectivity index (χ2v) is 9.40. The SMILES string of the molecule is CC(C)OC1CCCC[Si]1(C)OC(C)C. The summed E-state index contributed by atoms with van der Waals surface area (Å²) in [4.78, 5) is 0. The zero-order valence-electron chi connectivity index (χ0n) is 10.9. The Labute approximate surface area is 95.5 Å². The molecule has 0 aliphatic carbocycles. The van der Waals surface area contributed by atoms with Crippen molar-refractivity contribution in [3.63, 3.8) is 0 Å². The van der Waals surface area contributed by atoms with E-state index in [4.69, 9.17) is 9.16 Å². The normalized spacial score (nSPS) is 32.6. The molecule has 0 aromatic carbocycles. The lowest BCUT2D eigenvalue weighted by Gasteiger charge is -2.40. The minimum Gasteiger partial charge on any atom is -0.412 e. The van der Waals surface area contributed by atoms with E-state index in [2.05, 4.69) is 34.2 Å². The molecule has 1 saturated heterocycles. The summed E-state index contributed by atoms with van der Waals surface area (Å²) in [6.45, 7) is 10.9. The van der Waals surface area contributed by atoms with Gasteiger partial charge in [-0.25, -0.2) is 0 Å². The largest absolute Gasteiger partial charge is 0.412 e. The molecule has 0 amide bonds. The highest BCUT2D eigenvalue weighted by molar-refractivity contribution is 6.74. The van der Waals surface area contributed by atoms with Gasteiger partial charge in [0.1, 0.15) is 0 Å². The van der Waals surface area contributed by atoms with Crippen molar-refractivity contribution in [2.45, 2.75) is 77.5 Å². The van der Waals surface area contributed by atoms with Gasteiger partial charge in [0.15, 0.2) is 0 Å². The molecule has 2 nitrogen and oxygen atoms in total. The molecule has 3 heteroatoms. The van der Waals surface area contributed by atoms with Gasteiger partial charge in [0.25, 0.3) is 0 Å². The van der Waals surface area contributed by atoms with Crippen LogP contribution in [-0.4, -0.2) is 26.3 Å². The van der Waals surface area contributed by atoms with Crippen LogP contribution in [0.4, 0.5) is 0 Å². The van der Waals surface area contributed by atoms with Crippen LogP contribution in [0.2, 0.25) is 12.6 Å². The quantitative estimate of drug-likeness (QED) is 0.688. The predicted molar refractivity (Wildman–Crippen MR) is 66.5 cm³/mol. The number of hydrogen-bond acceptors (Lipinski definition) is 2. The van der Waals surface area contributed by atoms with Crippen molar-refractivity contribution in [2.24, 2.45) is 0 Å². The van der Waals surface area contributed by atoms with E-state index in [-0.39, 0.29) is 0 Å². The standard InChI is InChI=1S/C12H26O2Si/c1-10(2)13-12-8-6-7-9-15(12,5)14-11(3)4/h10-12H,6-9H2,1-5H3. The summed E-state index contributed by atoms with van der Waals surface area (Å²) >= 11 is 0. The highest BCUT2D eigenvalue weighted by Gasteiger charge is 2.42. The monoisotopic (exact) mass is 230 g/mol. The molecule has 90 valence electrons. The molecule has 2 unspecified atom stereocenters. The van der Waals surface area contributed by atoms with Crippen LogP contribution in [0.3, 0.4) is 0 Å². The molecular formula is C12H26O2Si. The molecular weight excluding hydrogens is 204 g/mol. The zero-order chi connectivity index (χ0) is 11.5. The van der Waals surface area contributed by atoms with E-state index in [9.17, 15) is 0 Å². The van der Waals surface area contributed by atoms with Crippen LogP contribution in [-0.2, 0) is 9.16 Å². The van der Waals surface area contributed by atoms with E-state index in [0.717, 1.165) is 0 Å². The van der Waals surface area contributed by atoms with Gasteiger partial charge in [-0.15, -0.1) is 0 Å². The van der Waals surface area contributed by atoms with Crippen molar-refractivity contribution in [3.8, 4) is 0 Å². The zero-order valence-corrected chi connectivity index (χ0v) is 11.9. The Morgan fingerprint density at radius 1 is 1.07 bits per heavy atom. The minimum atomic E-state index is -1.61. The molecule has 1 rings (SSSR count).